The van der Waals surface area contributed by atoms with Gasteiger partial charge in [-0.2, -0.15) is 0 Å². The Balaban J connectivity index is 1.95. The summed E-state index contributed by atoms with van der Waals surface area (Å²) in [6.07, 6.45) is 7.84. The van der Waals surface area contributed by atoms with Crippen LogP contribution in [-0.4, -0.2) is 24.5 Å². The van der Waals surface area contributed by atoms with E-state index in [-0.39, 0.29) is 5.41 Å². The summed E-state index contributed by atoms with van der Waals surface area (Å²) in [5, 5.41) is 6.80. The molecule has 2 rings (SSSR count). The van der Waals surface area contributed by atoms with E-state index in [9.17, 15) is 4.79 Å². The van der Waals surface area contributed by atoms with Crippen molar-refractivity contribution in [2.45, 2.75) is 77.8 Å². The topological polar surface area (TPSA) is 41.1 Å². The van der Waals surface area contributed by atoms with Crippen molar-refractivity contribution >= 4 is 5.91 Å². The molecule has 1 heterocycles. The smallest absolute Gasteiger partial charge is 0.226 e. The quantitative estimate of drug-likeness (QED) is 0.821. The third-order valence-electron chi connectivity index (χ3n) is 4.80. The minimum atomic E-state index is -0.0533. The number of rotatable bonds is 4. The van der Waals surface area contributed by atoms with Crippen LogP contribution in [0.4, 0.5) is 0 Å². The minimum absolute atomic E-state index is 0.0533. The van der Waals surface area contributed by atoms with E-state index < -0.39 is 0 Å². The molecule has 2 N–H and O–H groups in total. The summed E-state index contributed by atoms with van der Waals surface area (Å²) < 4.78 is 0. The van der Waals surface area contributed by atoms with Crippen LogP contribution in [0, 0.1) is 11.3 Å². The van der Waals surface area contributed by atoms with Crippen LogP contribution in [0.2, 0.25) is 0 Å². The number of carbonyl (C=O) groups excluding carboxylic acids is 1. The van der Waals surface area contributed by atoms with Crippen LogP contribution in [0.25, 0.3) is 0 Å². The maximum absolute atomic E-state index is 12.7. The molecule has 2 aliphatic rings. The molecule has 19 heavy (non-hydrogen) atoms. The second kappa shape index (κ2) is 6.25. The lowest BCUT2D eigenvalue weighted by Crippen LogP contribution is -2.50. The summed E-state index contributed by atoms with van der Waals surface area (Å²) in [5.74, 6) is 0.952. The molecule has 0 aromatic rings. The van der Waals surface area contributed by atoms with E-state index in [1.165, 1.54) is 12.8 Å². The zero-order valence-electron chi connectivity index (χ0n) is 12.8. The van der Waals surface area contributed by atoms with Gasteiger partial charge >= 0.3 is 0 Å². The molecule has 1 amide bonds. The zero-order valence-corrected chi connectivity index (χ0v) is 12.8. The third kappa shape index (κ3) is 3.71. The van der Waals surface area contributed by atoms with E-state index in [4.69, 9.17) is 0 Å². The van der Waals surface area contributed by atoms with Crippen molar-refractivity contribution in [3.05, 3.63) is 0 Å². The van der Waals surface area contributed by atoms with Gasteiger partial charge in [0.15, 0.2) is 0 Å². The van der Waals surface area contributed by atoms with Crippen LogP contribution < -0.4 is 10.6 Å². The summed E-state index contributed by atoms with van der Waals surface area (Å²) in [6, 6.07) is 0.914. The average Bonchev–Trinajstić information content (AvgIpc) is 2.78. The molecule has 1 saturated heterocycles. The van der Waals surface area contributed by atoms with E-state index in [0.29, 0.717) is 23.9 Å². The van der Waals surface area contributed by atoms with Gasteiger partial charge in [0.2, 0.25) is 5.91 Å². The first kappa shape index (κ1) is 14.8. The van der Waals surface area contributed by atoms with Crippen molar-refractivity contribution in [3.8, 4) is 0 Å². The number of nitrogens with one attached hydrogen (secondary N) is 2. The number of hydrogen-bond acceptors (Lipinski definition) is 2. The first-order chi connectivity index (χ1) is 9.02. The molecule has 0 aromatic carbocycles. The molecule has 0 bridgehead atoms. The fourth-order valence-corrected chi connectivity index (χ4v) is 3.96. The molecule has 1 aliphatic carbocycles. The lowest BCUT2D eigenvalue weighted by atomic mass is 9.77. The predicted molar refractivity (Wildman–Crippen MR) is 79.0 cm³/mol. The van der Waals surface area contributed by atoms with E-state index >= 15 is 0 Å². The Bertz CT molecular complexity index is 308. The number of hydrogen-bond donors (Lipinski definition) is 2. The Morgan fingerprint density at radius 2 is 2.05 bits per heavy atom. The Morgan fingerprint density at radius 3 is 2.63 bits per heavy atom. The molecule has 2 atom stereocenters. The highest BCUT2D eigenvalue weighted by Crippen LogP contribution is 2.43. The first-order valence-corrected chi connectivity index (χ1v) is 8.06. The summed E-state index contributed by atoms with van der Waals surface area (Å²) >= 11 is 0. The summed E-state index contributed by atoms with van der Waals surface area (Å²) in [7, 11) is 0. The molecule has 0 spiro atoms. The summed E-state index contributed by atoms with van der Waals surface area (Å²) in [5.41, 5.74) is -0.0533. The van der Waals surface area contributed by atoms with Crippen LogP contribution in [0.3, 0.4) is 0 Å². The molecule has 1 aliphatic heterocycles. The third-order valence-corrected chi connectivity index (χ3v) is 4.80. The van der Waals surface area contributed by atoms with E-state index in [0.717, 1.165) is 38.6 Å². The highest BCUT2D eigenvalue weighted by molar-refractivity contribution is 5.83. The monoisotopic (exact) mass is 266 g/mol. The second-order valence-corrected chi connectivity index (χ2v) is 7.14. The van der Waals surface area contributed by atoms with Gasteiger partial charge in [-0.3, -0.25) is 4.79 Å². The molecule has 2 fully saturated rings. The summed E-state index contributed by atoms with van der Waals surface area (Å²) in [4.78, 5) is 12.7. The van der Waals surface area contributed by atoms with E-state index in [1.54, 1.807) is 0 Å². The van der Waals surface area contributed by atoms with Crippen LogP contribution in [-0.2, 0) is 4.79 Å². The van der Waals surface area contributed by atoms with Crippen molar-refractivity contribution < 1.29 is 4.79 Å². The van der Waals surface area contributed by atoms with Crippen molar-refractivity contribution in [1.29, 1.82) is 0 Å². The standard InChI is InChI=1S/C16H30N2O/c1-12(2)11-16(7-4-5-8-16)15(19)18-14-6-9-17-13(3)10-14/h12-14,17H,4-11H2,1-3H3,(H,18,19). The maximum atomic E-state index is 12.7. The van der Waals surface area contributed by atoms with Gasteiger partial charge in [-0.25, -0.2) is 0 Å². The van der Waals surface area contributed by atoms with Crippen LogP contribution in [0.5, 0.6) is 0 Å². The maximum Gasteiger partial charge on any atom is 0.226 e. The van der Waals surface area contributed by atoms with Crippen molar-refractivity contribution in [1.82, 2.24) is 10.6 Å². The zero-order chi connectivity index (χ0) is 13.9. The highest BCUT2D eigenvalue weighted by Gasteiger charge is 2.42. The average molecular weight is 266 g/mol. The van der Waals surface area contributed by atoms with Gasteiger partial charge < -0.3 is 10.6 Å². The Morgan fingerprint density at radius 1 is 1.37 bits per heavy atom. The van der Waals surface area contributed by atoms with E-state index in [2.05, 4.69) is 31.4 Å². The predicted octanol–water partition coefficient (Wildman–Crippen LogP) is 2.85. The molecule has 0 aromatic heterocycles. The molecule has 0 radical (unpaired) electrons. The normalized spacial score (nSPS) is 30.5. The Kier molecular flexibility index (Phi) is 4.88. The Hall–Kier alpha value is -0.570. The van der Waals surface area contributed by atoms with E-state index in [1.807, 2.05) is 0 Å². The highest BCUT2D eigenvalue weighted by atomic mass is 16.2. The largest absolute Gasteiger partial charge is 0.353 e. The van der Waals surface area contributed by atoms with Gasteiger partial charge in [-0.1, -0.05) is 26.7 Å². The van der Waals surface area contributed by atoms with Crippen molar-refractivity contribution in [2.75, 3.05) is 6.54 Å². The molecule has 3 heteroatoms. The molecular formula is C16H30N2O. The van der Waals surface area contributed by atoms with Crippen LogP contribution in [0.1, 0.15) is 65.7 Å². The Labute approximate surface area is 117 Å². The lowest BCUT2D eigenvalue weighted by molar-refractivity contribution is -0.132. The molecule has 3 nitrogen and oxygen atoms in total. The van der Waals surface area contributed by atoms with Gasteiger partial charge in [-0.05, 0) is 51.5 Å². The van der Waals surface area contributed by atoms with Crippen LogP contribution in [0.15, 0.2) is 0 Å². The van der Waals surface area contributed by atoms with Gasteiger partial charge in [0.25, 0.3) is 0 Å². The second-order valence-electron chi connectivity index (χ2n) is 7.14. The first-order valence-electron chi connectivity index (χ1n) is 8.06. The van der Waals surface area contributed by atoms with Crippen LogP contribution >= 0.6 is 0 Å². The SMILES string of the molecule is CC(C)CC1(C(=O)NC2CCNC(C)C2)CCCC1. The molecule has 1 saturated carbocycles. The molecule has 2 unspecified atom stereocenters. The fourth-order valence-electron chi connectivity index (χ4n) is 3.96. The minimum Gasteiger partial charge on any atom is -0.353 e. The van der Waals surface area contributed by atoms with Crippen molar-refractivity contribution in [3.63, 3.8) is 0 Å². The molecule has 110 valence electrons. The lowest BCUT2D eigenvalue weighted by Gasteiger charge is -2.34. The number of amides is 1. The van der Waals surface area contributed by atoms with Gasteiger partial charge in [0.05, 0.1) is 0 Å². The molecular weight excluding hydrogens is 236 g/mol. The van der Waals surface area contributed by atoms with Gasteiger partial charge in [-0.15, -0.1) is 0 Å². The van der Waals surface area contributed by atoms with Crippen molar-refractivity contribution in [2.24, 2.45) is 11.3 Å². The summed E-state index contributed by atoms with van der Waals surface area (Å²) in [6.45, 7) is 7.71. The fraction of sp³-hybridized carbons (Fsp3) is 0.938. The number of carbonyl (C=O) groups is 1. The number of piperidine rings is 1. The van der Waals surface area contributed by atoms with Gasteiger partial charge in [0.1, 0.15) is 0 Å². The van der Waals surface area contributed by atoms with Gasteiger partial charge in [0, 0.05) is 17.5 Å².